The van der Waals surface area contributed by atoms with Gasteiger partial charge in [-0.1, -0.05) is 13.0 Å². The molecule has 0 saturated carbocycles. The maximum Gasteiger partial charge on any atom is 0.123 e. The Balaban J connectivity index is 1.85. The highest BCUT2D eigenvalue weighted by Gasteiger charge is 2.34. The lowest BCUT2D eigenvalue weighted by atomic mass is 9.81. The summed E-state index contributed by atoms with van der Waals surface area (Å²) < 4.78 is 11.0. The Hall–Kier alpha value is -1.17. The first-order valence-electron chi connectivity index (χ1n) is 7.31. The number of hydrogen-bond acceptors (Lipinski definition) is 5. The normalized spacial score (nSPS) is 27.9. The van der Waals surface area contributed by atoms with Gasteiger partial charge in [-0.25, -0.2) is 4.98 Å². The summed E-state index contributed by atoms with van der Waals surface area (Å²) in [7, 11) is 0. The third-order valence-electron chi connectivity index (χ3n) is 4.34. The Bertz CT molecular complexity index is 466. The number of nitrogens with two attached hydrogens (primary N) is 1. The molecule has 3 rings (SSSR count). The number of pyridine rings is 1. The Morgan fingerprint density at radius 2 is 2.05 bits per heavy atom. The molecule has 2 aliphatic rings. The molecule has 0 aromatic carbocycles. The molecule has 1 atom stereocenters. The largest absolute Gasteiger partial charge is 0.384 e. The molecule has 0 amide bonds. The topological polar surface area (TPSA) is 60.6 Å². The molecule has 3 heterocycles. The van der Waals surface area contributed by atoms with Gasteiger partial charge in [0.05, 0.1) is 25.5 Å². The molecule has 2 aliphatic heterocycles. The summed E-state index contributed by atoms with van der Waals surface area (Å²) in [5.41, 5.74) is 8.35. The maximum atomic E-state index is 5.89. The lowest BCUT2D eigenvalue weighted by molar-refractivity contribution is 0.0334. The second kappa shape index (κ2) is 5.68. The summed E-state index contributed by atoms with van der Waals surface area (Å²) in [5.74, 6) is 0.597. The lowest BCUT2D eigenvalue weighted by Gasteiger charge is -2.30. The van der Waals surface area contributed by atoms with E-state index in [-0.39, 0.29) is 5.41 Å². The minimum absolute atomic E-state index is 0.0717. The van der Waals surface area contributed by atoms with E-state index in [0.29, 0.717) is 5.82 Å². The van der Waals surface area contributed by atoms with Crippen LogP contribution >= 0.6 is 0 Å². The fraction of sp³-hybridized carbons (Fsp3) is 0.667. The van der Waals surface area contributed by atoms with Crippen LogP contribution in [0.3, 0.4) is 0 Å². The average molecular weight is 277 g/mol. The summed E-state index contributed by atoms with van der Waals surface area (Å²) in [6.07, 6.45) is 1.05. The first-order chi connectivity index (χ1) is 9.67. The van der Waals surface area contributed by atoms with Crippen LogP contribution in [0.1, 0.15) is 24.6 Å². The second-order valence-corrected chi connectivity index (χ2v) is 5.98. The van der Waals surface area contributed by atoms with Gasteiger partial charge in [0, 0.05) is 31.7 Å². The van der Waals surface area contributed by atoms with E-state index in [1.807, 2.05) is 6.07 Å². The number of nitrogens with zero attached hydrogens (tertiary/aromatic N) is 2. The van der Waals surface area contributed by atoms with E-state index < -0.39 is 0 Å². The Labute approximate surface area is 120 Å². The predicted molar refractivity (Wildman–Crippen MR) is 77.5 cm³/mol. The molecule has 0 bridgehead atoms. The van der Waals surface area contributed by atoms with Crippen LogP contribution in [0.25, 0.3) is 0 Å². The minimum Gasteiger partial charge on any atom is -0.384 e. The number of ether oxygens (including phenoxy) is 2. The van der Waals surface area contributed by atoms with E-state index in [2.05, 4.69) is 22.9 Å². The molecule has 1 aromatic rings. The molecule has 1 aromatic heterocycles. The number of rotatable bonds is 3. The van der Waals surface area contributed by atoms with E-state index in [0.717, 1.165) is 58.2 Å². The van der Waals surface area contributed by atoms with Crippen molar-refractivity contribution in [2.24, 2.45) is 0 Å². The third kappa shape index (κ3) is 2.80. The first-order valence-corrected chi connectivity index (χ1v) is 7.31. The number of nitrogen functional groups attached to an aromatic ring is 1. The Morgan fingerprint density at radius 1 is 1.25 bits per heavy atom. The third-order valence-corrected chi connectivity index (χ3v) is 4.34. The summed E-state index contributed by atoms with van der Waals surface area (Å²) in [5, 5.41) is 0. The monoisotopic (exact) mass is 277 g/mol. The van der Waals surface area contributed by atoms with Gasteiger partial charge in [0.25, 0.3) is 0 Å². The molecule has 2 N–H and O–H groups in total. The highest BCUT2D eigenvalue weighted by Crippen LogP contribution is 2.35. The van der Waals surface area contributed by atoms with Gasteiger partial charge in [0.15, 0.2) is 0 Å². The van der Waals surface area contributed by atoms with Crippen LogP contribution in [0, 0.1) is 0 Å². The van der Waals surface area contributed by atoms with Crippen LogP contribution in [0.5, 0.6) is 0 Å². The van der Waals surface area contributed by atoms with E-state index >= 15 is 0 Å². The van der Waals surface area contributed by atoms with Crippen LogP contribution in [-0.4, -0.2) is 49.4 Å². The predicted octanol–water partition coefficient (Wildman–Crippen LogP) is 1.17. The number of aromatic nitrogens is 1. The fourth-order valence-corrected chi connectivity index (χ4v) is 3.04. The summed E-state index contributed by atoms with van der Waals surface area (Å²) in [4.78, 5) is 6.98. The maximum absolute atomic E-state index is 5.89. The van der Waals surface area contributed by atoms with Gasteiger partial charge >= 0.3 is 0 Å². The second-order valence-electron chi connectivity index (χ2n) is 5.98. The smallest absolute Gasteiger partial charge is 0.123 e. The summed E-state index contributed by atoms with van der Waals surface area (Å²) in [6, 6.07) is 4.04. The van der Waals surface area contributed by atoms with Gasteiger partial charge in [-0.3, -0.25) is 4.90 Å². The van der Waals surface area contributed by atoms with Crippen molar-refractivity contribution in [3.63, 3.8) is 0 Å². The van der Waals surface area contributed by atoms with Crippen molar-refractivity contribution in [3.8, 4) is 0 Å². The molecule has 5 nitrogen and oxygen atoms in total. The van der Waals surface area contributed by atoms with Crippen molar-refractivity contribution < 1.29 is 9.47 Å². The fourth-order valence-electron chi connectivity index (χ4n) is 3.04. The van der Waals surface area contributed by atoms with Gasteiger partial charge in [-0.2, -0.15) is 0 Å². The van der Waals surface area contributed by atoms with Crippen LogP contribution in [0.2, 0.25) is 0 Å². The lowest BCUT2D eigenvalue weighted by Crippen LogP contribution is -2.37. The van der Waals surface area contributed by atoms with Gasteiger partial charge in [-0.05, 0) is 18.1 Å². The molecule has 0 spiro atoms. The molecule has 5 heteroatoms. The van der Waals surface area contributed by atoms with Gasteiger partial charge in [0.1, 0.15) is 5.82 Å². The Morgan fingerprint density at radius 3 is 2.75 bits per heavy atom. The van der Waals surface area contributed by atoms with E-state index in [9.17, 15) is 0 Å². The molecule has 20 heavy (non-hydrogen) atoms. The first kappa shape index (κ1) is 13.8. The van der Waals surface area contributed by atoms with E-state index in [1.165, 1.54) is 5.56 Å². The zero-order chi connectivity index (χ0) is 14.0. The molecule has 2 saturated heterocycles. The molecule has 110 valence electrons. The van der Waals surface area contributed by atoms with Gasteiger partial charge in [0.2, 0.25) is 0 Å². The van der Waals surface area contributed by atoms with Crippen molar-refractivity contribution >= 4 is 5.82 Å². The van der Waals surface area contributed by atoms with Gasteiger partial charge < -0.3 is 15.2 Å². The number of hydrogen-bond donors (Lipinski definition) is 1. The van der Waals surface area contributed by atoms with Crippen LogP contribution < -0.4 is 5.73 Å². The van der Waals surface area contributed by atoms with Crippen molar-refractivity contribution in [1.29, 1.82) is 0 Å². The zero-order valence-electron chi connectivity index (χ0n) is 12.1. The van der Waals surface area contributed by atoms with Gasteiger partial charge in [-0.15, -0.1) is 0 Å². The molecular formula is C15H23N3O2. The van der Waals surface area contributed by atoms with Crippen molar-refractivity contribution in [3.05, 3.63) is 23.4 Å². The molecule has 0 unspecified atom stereocenters. The molecule has 2 fully saturated rings. The number of morpholine rings is 1. The molecular weight excluding hydrogens is 254 g/mol. The number of anilines is 1. The van der Waals surface area contributed by atoms with Crippen molar-refractivity contribution in [2.75, 3.05) is 45.3 Å². The highest BCUT2D eigenvalue weighted by atomic mass is 16.5. The quantitative estimate of drug-likeness (QED) is 0.899. The molecule has 0 aliphatic carbocycles. The minimum atomic E-state index is 0.0717. The van der Waals surface area contributed by atoms with E-state index in [4.69, 9.17) is 15.2 Å². The summed E-state index contributed by atoms with van der Waals surface area (Å²) >= 11 is 0. The average Bonchev–Trinajstić information content (AvgIpc) is 2.88. The zero-order valence-corrected chi connectivity index (χ0v) is 12.1. The standard InChI is InChI=1S/C15H23N3O2/c1-15(4-7-20-11-15)12-2-3-14(16)17-13(12)10-18-5-8-19-9-6-18/h2-3H,4-11H2,1H3,(H2,16,17)/t15-/m1/s1. The SMILES string of the molecule is C[C@@]1(c2ccc(N)nc2CN2CCOCC2)CCOC1. The highest BCUT2D eigenvalue weighted by molar-refractivity contribution is 5.38. The van der Waals surface area contributed by atoms with E-state index in [1.54, 1.807) is 0 Å². The van der Waals surface area contributed by atoms with Crippen LogP contribution in [0.15, 0.2) is 12.1 Å². The van der Waals surface area contributed by atoms with Crippen LogP contribution in [0.4, 0.5) is 5.82 Å². The summed E-state index contributed by atoms with van der Waals surface area (Å²) in [6.45, 7) is 8.24. The van der Waals surface area contributed by atoms with Crippen molar-refractivity contribution in [2.45, 2.75) is 25.3 Å². The van der Waals surface area contributed by atoms with Crippen molar-refractivity contribution in [1.82, 2.24) is 9.88 Å². The Kier molecular flexibility index (Phi) is 3.92. The molecule has 0 radical (unpaired) electrons. The van der Waals surface area contributed by atoms with Crippen LogP contribution in [-0.2, 0) is 21.4 Å².